The zero-order valence-corrected chi connectivity index (χ0v) is 11.2. The lowest BCUT2D eigenvalue weighted by atomic mass is 10.00. The molecule has 2 unspecified atom stereocenters. The number of ether oxygens (including phenoxy) is 1. The molecule has 0 heterocycles. The molecule has 0 aliphatic heterocycles. The first kappa shape index (κ1) is 14.9. The molecule has 2 atom stereocenters. The molecule has 18 heavy (non-hydrogen) atoms. The van der Waals surface area contributed by atoms with Crippen molar-refractivity contribution in [3.63, 3.8) is 0 Å². The van der Waals surface area contributed by atoms with Crippen LogP contribution in [0.25, 0.3) is 0 Å². The van der Waals surface area contributed by atoms with Gasteiger partial charge in [-0.3, -0.25) is 0 Å². The molecule has 1 aromatic rings. The largest absolute Gasteiger partial charge is 0.489 e. The molecular formula is C14H21F2NO. The zero-order valence-electron chi connectivity index (χ0n) is 11.2. The fourth-order valence-corrected chi connectivity index (χ4v) is 1.74. The van der Waals surface area contributed by atoms with Crippen LogP contribution in [0.15, 0.2) is 18.2 Å². The van der Waals surface area contributed by atoms with E-state index in [2.05, 4.69) is 19.2 Å². The van der Waals surface area contributed by atoms with E-state index >= 15 is 0 Å². The molecule has 0 aromatic heterocycles. The van der Waals surface area contributed by atoms with Crippen LogP contribution in [0.5, 0.6) is 5.75 Å². The van der Waals surface area contributed by atoms with Crippen LogP contribution in [0.4, 0.5) is 8.78 Å². The van der Waals surface area contributed by atoms with Crippen LogP contribution in [0.3, 0.4) is 0 Å². The third kappa shape index (κ3) is 4.26. The van der Waals surface area contributed by atoms with E-state index < -0.39 is 11.6 Å². The average molecular weight is 257 g/mol. The molecule has 0 bridgehead atoms. The Morgan fingerprint density at radius 3 is 2.61 bits per heavy atom. The van der Waals surface area contributed by atoms with Gasteiger partial charge < -0.3 is 10.1 Å². The summed E-state index contributed by atoms with van der Waals surface area (Å²) in [4.78, 5) is 0. The molecule has 0 spiro atoms. The maximum atomic E-state index is 13.4. The van der Waals surface area contributed by atoms with Gasteiger partial charge in [0.2, 0.25) is 0 Å². The molecule has 0 aliphatic rings. The number of hydrogen-bond donors (Lipinski definition) is 1. The second-order valence-corrected chi connectivity index (χ2v) is 4.44. The lowest BCUT2D eigenvalue weighted by molar-refractivity contribution is 0.215. The van der Waals surface area contributed by atoms with Gasteiger partial charge in [0.15, 0.2) is 11.6 Å². The van der Waals surface area contributed by atoms with Crippen LogP contribution in [0, 0.1) is 17.6 Å². The van der Waals surface area contributed by atoms with E-state index in [1.165, 1.54) is 0 Å². The molecule has 1 aromatic carbocycles. The van der Waals surface area contributed by atoms with Crippen molar-refractivity contribution in [2.45, 2.75) is 33.2 Å². The zero-order chi connectivity index (χ0) is 13.5. The van der Waals surface area contributed by atoms with Gasteiger partial charge in [0.05, 0.1) is 0 Å². The van der Waals surface area contributed by atoms with Crippen LogP contribution < -0.4 is 10.1 Å². The average Bonchev–Trinajstić information content (AvgIpc) is 2.37. The van der Waals surface area contributed by atoms with E-state index in [1.54, 1.807) is 0 Å². The van der Waals surface area contributed by atoms with E-state index in [1.807, 2.05) is 6.92 Å². The van der Waals surface area contributed by atoms with Gasteiger partial charge in [-0.05, 0) is 24.6 Å². The Hall–Kier alpha value is -1.16. The number of nitrogens with one attached hydrogen (secondary N) is 1. The second kappa shape index (κ2) is 7.31. The summed E-state index contributed by atoms with van der Waals surface area (Å²) in [6, 6.07) is 3.38. The summed E-state index contributed by atoms with van der Waals surface area (Å²) < 4.78 is 31.7. The minimum Gasteiger partial charge on any atom is -0.489 e. The van der Waals surface area contributed by atoms with Crippen LogP contribution in [-0.4, -0.2) is 19.2 Å². The predicted octanol–water partition coefficient (Wildman–Crippen LogP) is 3.37. The highest BCUT2D eigenvalue weighted by Gasteiger charge is 2.16. The standard InChI is InChI=1S/C14H21F2NO/c1-4-10(3)13(17-5-2)9-18-14-8-11(15)6-7-12(14)16/h6-8,10,13,17H,4-5,9H2,1-3H3. The summed E-state index contributed by atoms with van der Waals surface area (Å²) in [5.41, 5.74) is 0. The molecule has 1 rings (SSSR count). The van der Waals surface area contributed by atoms with Gasteiger partial charge in [-0.25, -0.2) is 8.78 Å². The molecule has 4 heteroatoms. The molecule has 0 radical (unpaired) electrons. The van der Waals surface area contributed by atoms with Crippen molar-refractivity contribution in [2.75, 3.05) is 13.2 Å². The van der Waals surface area contributed by atoms with Crippen LogP contribution in [-0.2, 0) is 0 Å². The minimum absolute atomic E-state index is 0.0267. The molecule has 0 saturated heterocycles. The Morgan fingerprint density at radius 1 is 1.28 bits per heavy atom. The van der Waals surface area contributed by atoms with Crippen molar-refractivity contribution in [3.8, 4) is 5.75 Å². The molecular weight excluding hydrogens is 236 g/mol. The summed E-state index contributed by atoms with van der Waals surface area (Å²) in [5.74, 6) is -0.631. The third-order valence-corrected chi connectivity index (χ3v) is 3.11. The number of rotatable bonds is 7. The summed E-state index contributed by atoms with van der Waals surface area (Å²) in [6.07, 6.45) is 1.01. The highest BCUT2D eigenvalue weighted by atomic mass is 19.1. The van der Waals surface area contributed by atoms with Crippen LogP contribution >= 0.6 is 0 Å². The molecule has 0 amide bonds. The summed E-state index contributed by atoms with van der Waals surface area (Å²) in [5, 5.41) is 3.30. The maximum absolute atomic E-state index is 13.4. The van der Waals surface area contributed by atoms with E-state index in [-0.39, 0.29) is 11.8 Å². The number of likely N-dealkylation sites (N-methyl/N-ethyl adjacent to an activating group) is 1. The first-order chi connectivity index (χ1) is 8.58. The van der Waals surface area contributed by atoms with Crippen molar-refractivity contribution in [1.29, 1.82) is 0 Å². The quantitative estimate of drug-likeness (QED) is 0.808. The van der Waals surface area contributed by atoms with Crippen molar-refractivity contribution in [3.05, 3.63) is 29.8 Å². The third-order valence-electron chi connectivity index (χ3n) is 3.11. The predicted molar refractivity (Wildman–Crippen MR) is 68.8 cm³/mol. The molecule has 0 saturated carbocycles. The Labute approximate surface area is 107 Å². The molecule has 0 aliphatic carbocycles. The van der Waals surface area contributed by atoms with Gasteiger partial charge in [0, 0.05) is 12.1 Å². The highest BCUT2D eigenvalue weighted by Crippen LogP contribution is 2.19. The van der Waals surface area contributed by atoms with Gasteiger partial charge in [-0.1, -0.05) is 27.2 Å². The number of halogens is 2. The van der Waals surface area contributed by atoms with Gasteiger partial charge in [0.25, 0.3) is 0 Å². The number of hydrogen-bond acceptors (Lipinski definition) is 2. The van der Waals surface area contributed by atoms with E-state index in [4.69, 9.17) is 4.74 Å². The summed E-state index contributed by atoms with van der Waals surface area (Å²) in [7, 11) is 0. The van der Waals surface area contributed by atoms with Gasteiger partial charge in [0.1, 0.15) is 12.4 Å². The molecule has 2 nitrogen and oxygen atoms in total. The first-order valence-electron chi connectivity index (χ1n) is 6.39. The number of benzene rings is 1. The topological polar surface area (TPSA) is 21.3 Å². The monoisotopic (exact) mass is 257 g/mol. The smallest absolute Gasteiger partial charge is 0.165 e. The summed E-state index contributed by atoms with van der Waals surface area (Å²) >= 11 is 0. The van der Waals surface area contributed by atoms with Crippen molar-refractivity contribution in [1.82, 2.24) is 5.32 Å². The van der Waals surface area contributed by atoms with Crippen molar-refractivity contribution in [2.24, 2.45) is 5.92 Å². The lowest BCUT2D eigenvalue weighted by Gasteiger charge is -2.24. The van der Waals surface area contributed by atoms with Crippen molar-refractivity contribution < 1.29 is 13.5 Å². The molecule has 1 N–H and O–H groups in total. The van der Waals surface area contributed by atoms with Gasteiger partial charge in [-0.15, -0.1) is 0 Å². The highest BCUT2D eigenvalue weighted by molar-refractivity contribution is 5.24. The van der Waals surface area contributed by atoms with Crippen LogP contribution in [0.2, 0.25) is 0 Å². The fraction of sp³-hybridized carbons (Fsp3) is 0.571. The SMILES string of the molecule is CCNC(COc1cc(F)ccc1F)C(C)CC. The molecule has 102 valence electrons. The lowest BCUT2D eigenvalue weighted by Crippen LogP contribution is -2.39. The van der Waals surface area contributed by atoms with E-state index in [0.29, 0.717) is 12.5 Å². The molecule has 0 fully saturated rings. The van der Waals surface area contributed by atoms with Crippen molar-refractivity contribution >= 4 is 0 Å². The maximum Gasteiger partial charge on any atom is 0.165 e. The Morgan fingerprint density at radius 2 is 2.00 bits per heavy atom. The minimum atomic E-state index is -0.532. The Balaban J connectivity index is 2.63. The Kier molecular flexibility index (Phi) is 6.05. The normalized spacial score (nSPS) is 14.3. The van der Waals surface area contributed by atoms with Gasteiger partial charge in [-0.2, -0.15) is 0 Å². The second-order valence-electron chi connectivity index (χ2n) is 4.44. The Bertz CT molecular complexity index is 371. The van der Waals surface area contributed by atoms with E-state index in [9.17, 15) is 8.78 Å². The summed E-state index contributed by atoms with van der Waals surface area (Å²) in [6.45, 7) is 7.38. The first-order valence-corrected chi connectivity index (χ1v) is 6.39. The fourth-order valence-electron chi connectivity index (χ4n) is 1.74. The van der Waals surface area contributed by atoms with Gasteiger partial charge >= 0.3 is 0 Å². The van der Waals surface area contributed by atoms with Crippen LogP contribution in [0.1, 0.15) is 27.2 Å². The van der Waals surface area contributed by atoms with E-state index in [0.717, 1.165) is 31.2 Å².